The number of likely N-dealkylation sites (tertiary alicyclic amines) is 1. The van der Waals surface area contributed by atoms with Gasteiger partial charge >= 0.3 is 12.1 Å². The maximum Gasteiger partial charge on any atom is 0.410 e. The molecule has 0 aromatic heterocycles. The quantitative estimate of drug-likeness (QED) is 0.536. The number of carbonyl (C=O) groups excluding carboxylic acids is 2. The average Bonchev–Trinajstić information content (AvgIpc) is 2.70. The highest BCUT2D eigenvalue weighted by atomic mass is 16.6. The molecule has 6 nitrogen and oxygen atoms in total. The van der Waals surface area contributed by atoms with Crippen LogP contribution in [0.3, 0.4) is 0 Å². The Morgan fingerprint density at radius 1 is 1.03 bits per heavy atom. The SMILES string of the molecule is CCOC(=O)CCc1ccc(OCc2ccccc2)c(C2CN(C(=O)OC(C)(C)C)C2)c1. The number of esters is 1. The molecule has 0 bridgehead atoms. The summed E-state index contributed by atoms with van der Waals surface area (Å²) in [5.41, 5.74) is 2.69. The van der Waals surface area contributed by atoms with E-state index in [2.05, 4.69) is 6.07 Å². The summed E-state index contributed by atoms with van der Waals surface area (Å²) in [5.74, 6) is 0.775. The van der Waals surface area contributed by atoms with Gasteiger partial charge in [-0.1, -0.05) is 42.5 Å². The largest absolute Gasteiger partial charge is 0.489 e. The van der Waals surface area contributed by atoms with Crippen molar-refractivity contribution in [1.82, 2.24) is 4.90 Å². The van der Waals surface area contributed by atoms with E-state index in [-0.39, 0.29) is 18.0 Å². The first-order chi connectivity index (χ1) is 15.2. The second-order valence-corrected chi connectivity index (χ2v) is 9.03. The maximum absolute atomic E-state index is 12.3. The molecule has 6 heteroatoms. The van der Waals surface area contributed by atoms with E-state index in [4.69, 9.17) is 14.2 Å². The van der Waals surface area contributed by atoms with Crippen LogP contribution in [0.2, 0.25) is 0 Å². The van der Waals surface area contributed by atoms with Crippen molar-refractivity contribution in [3.63, 3.8) is 0 Å². The number of hydrogen-bond acceptors (Lipinski definition) is 5. The Morgan fingerprint density at radius 3 is 2.41 bits per heavy atom. The van der Waals surface area contributed by atoms with Crippen molar-refractivity contribution in [1.29, 1.82) is 0 Å². The van der Waals surface area contributed by atoms with E-state index in [1.807, 2.05) is 70.2 Å². The fraction of sp³-hybridized carbons (Fsp3) is 0.462. The monoisotopic (exact) mass is 439 g/mol. The fourth-order valence-corrected chi connectivity index (χ4v) is 3.57. The van der Waals surface area contributed by atoms with Crippen LogP contribution in [0.25, 0.3) is 0 Å². The van der Waals surface area contributed by atoms with Crippen molar-refractivity contribution in [2.45, 2.75) is 58.7 Å². The molecular formula is C26H33NO5. The number of carbonyl (C=O) groups is 2. The molecule has 0 aliphatic carbocycles. The van der Waals surface area contributed by atoms with Crippen LogP contribution in [-0.4, -0.2) is 42.3 Å². The van der Waals surface area contributed by atoms with E-state index in [9.17, 15) is 9.59 Å². The molecule has 0 saturated carbocycles. The first kappa shape index (κ1) is 23.6. The molecule has 0 atom stereocenters. The number of ether oxygens (including phenoxy) is 3. The van der Waals surface area contributed by atoms with Crippen molar-refractivity contribution < 1.29 is 23.8 Å². The van der Waals surface area contributed by atoms with Crippen LogP contribution < -0.4 is 4.74 Å². The zero-order chi connectivity index (χ0) is 23.1. The summed E-state index contributed by atoms with van der Waals surface area (Å²) in [5, 5.41) is 0. The molecule has 0 unspecified atom stereocenters. The van der Waals surface area contributed by atoms with Crippen LogP contribution in [0.1, 0.15) is 56.7 Å². The third kappa shape index (κ3) is 6.74. The average molecular weight is 440 g/mol. The van der Waals surface area contributed by atoms with Crippen LogP contribution in [0.4, 0.5) is 4.79 Å². The maximum atomic E-state index is 12.3. The number of rotatable bonds is 8. The summed E-state index contributed by atoms with van der Waals surface area (Å²) in [6.07, 6.45) is 0.651. The van der Waals surface area contributed by atoms with E-state index in [1.54, 1.807) is 4.90 Å². The van der Waals surface area contributed by atoms with Crippen molar-refractivity contribution in [3.05, 3.63) is 65.2 Å². The summed E-state index contributed by atoms with van der Waals surface area (Å²) in [6.45, 7) is 9.43. The van der Waals surface area contributed by atoms with Gasteiger partial charge in [0, 0.05) is 31.0 Å². The van der Waals surface area contributed by atoms with Gasteiger partial charge in [0.25, 0.3) is 0 Å². The molecule has 172 valence electrons. The molecule has 1 aliphatic heterocycles. The lowest BCUT2D eigenvalue weighted by Gasteiger charge is -2.40. The predicted molar refractivity (Wildman–Crippen MR) is 123 cm³/mol. The zero-order valence-corrected chi connectivity index (χ0v) is 19.4. The van der Waals surface area contributed by atoms with Gasteiger partial charge in [0.15, 0.2) is 0 Å². The normalized spacial score (nSPS) is 13.9. The highest BCUT2D eigenvalue weighted by molar-refractivity contribution is 5.70. The third-order valence-corrected chi connectivity index (χ3v) is 5.21. The van der Waals surface area contributed by atoms with Gasteiger partial charge in [-0.3, -0.25) is 4.79 Å². The molecule has 1 saturated heterocycles. The molecule has 0 N–H and O–H groups in total. The number of nitrogens with zero attached hydrogens (tertiary/aromatic N) is 1. The number of hydrogen-bond donors (Lipinski definition) is 0. The smallest absolute Gasteiger partial charge is 0.410 e. The highest BCUT2D eigenvalue weighted by Gasteiger charge is 2.36. The van der Waals surface area contributed by atoms with Crippen LogP contribution in [0, 0.1) is 0 Å². The van der Waals surface area contributed by atoms with Gasteiger partial charge in [0.2, 0.25) is 0 Å². The summed E-state index contributed by atoms with van der Waals surface area (Å²) >= 11 is 0. The Kier molecular flexibility index (Phi) is 7.78. The Morgan fingerprint density at radius 2 is 1.75 bits per heavy atom. The molecular weight excluding hydrogens is 406 g/mol. The summed E-state index contributed by atoms with van der Waals surface area (Å²) < 4.78 is 16.7. The molecule has 2 aromatic rings. The molecule has 1 fully saturated rings. The van der Waals surface area contributed by atoms with E-state index < -0.39 is 5.60 Å². The Balaban J connectivity index is 1.70. The first-order valence-corrected chi connectivity index (χ1v) is 11.2. The van der Waals surface area contributed by atoms with Crippen LogP contribution >= 0.6 is 0 Å². The summed E-state index contributed by atoms with van der Waals surface area (Å²) in [7, 11) is 0. The molecule has 1 heterocycles. The topological polar surface area (TPSA) is 65.1 Å². The lowest BCUT2D eigenvalue weighted by molar-refractivity contribution is -0.143. The lowest BCUT2D eigenvalue weighted by atomic mass is 9.89. The van der Waals surface area contributed by atoms with Gasteiger partial charge in [0.1, 0.15) is 18.0 Å². The molecule has 1 amide bonds. The molecule has 0 radical (unpaired) electrons. The van der Waals surface area contributed by atoms with Gasteiger partial charge in [-0.05, 0) is 51.3 Å². The Bertz CT molecular complexity index is 914. The zero-order valence-electron chi connectivity index (χ0n) is 19.4. The molecule has 0 spiro atoms. The molecule has 32 heavy (non-hydrogen) atoms. The minimum absolute atomic E-state index is 0.163. The van der Waals surface area contributed by atoms with Crippen LogP contribution in [0.5, 0.6) is 5.75 Å². The minimum Gasteiger partial charge on any atom is -0.489 e. The third-order valence-electron chi connectivity index (χ3n) is 5.21. The summed E-state index contributed by atoms with van der Waals surface area (Å²) in [6, 6.07) is 16.1. The fourth-order valence-electron chi connectivity index (χ4n) is 3.57. The second-order valence-electron chi connectivity index (χ2n) is 9.03. The molecule has 2 aromatic carbocycles. The van der Waals surface area contributed by atoms with Gasteiger partial charge in [-0.25, -0.2) is 4.79 Å². The Labute approximate surface area is 190 Å². The minimum atomic E-state index is -0.515. The van der Waals surface area contributed by atoms with Crippen LogP contribution in [0.15, 0.2) is 48.5 Å². The van der Waals surface area contributed by atoms with E-state index >= 15 is 0 Å². The predicted octanol–water partition coefficient (Wildman–Crippen LogP) is 5.10. The van der Waals surface area contributed by atoms with Crippen molar-refractivity contribution in [2.75, 3.05) is 19.7 Å². The van der Waals surface area contributed by atoms with Gasteiger partial charge < -0.3 is 19.1 Å². The number of benzene rings is 2. The van der Waals surface area contributed by atoms with Crippen molar-refractivity contribution in [2.24, 2.45) is 0 Å². The van der Waals surface area contributed by atoms with E-state index in [1.165, 1.54) is 0 Å². The number of aryl methyl sites for hydroxylation is 1. The molecule has 1 aliphatic rings. The van der Waals surface area contributed by atoms with Gasteiger partial charge in [-0.2, -0.15) is 0 Å². The van der Waals surface area contributed by atoms with Crippen molar-refractivity contribution in [3.8, 4) is 5.75 Å². The Hall–Kier alpha value is -3.02. The van der Waals surface area contributed by atoms with E-state index in [0.29, 0.717) is 39.1 Å². The summed E-state index contributed by atoms with van der Waals surface area (Å²) in [4.78, 5) is 25.8. The van der Waals surface area contributed by atoms with E-state index in [0.717, 1.165) is 22.4 Å². The second kappa shape index (κ2) is 10.5. The van der Waals surface area contributed by atoms with Gasteiger partial charge in [0.05, 0.1) is 6.61 Å². The highest BCUT2D eigenvalue weighted by Crippen LogP contribution is 2.35. The number of amides is 1. The van der Waals surface area contributed by atoms with Gasteiger partial charge in [-0.15, -0.1) is 0 Å². The first-order valence-electron chi connectivity index (χ1n) is 11.2. The molecule has 3 rings (SSSR count). The lowest BCUT2D eigenvalue weighted by Crippen LogP contribution is -2.50. The van der Waals surface area contributed by atoms with Crippen molar-refractivity contribution >= 4 is 12.1 Å². The van der Waals surface area contributed by atoms with Crippen LogP contribution in [-0.2, 0) is 27.3 Å². The standard InChI is InChI=1S/C26H33NO5/c1-5-30-24(28)14-12-19-11-13-23(31-18-20-9-7-6-8-10-20)22(15-19)21-16-27(17-21)25(29)32-26(2,3)4/h6-11,13,15,21H,5,12,14,16-18H2,1-4H3.